The largest absolute Gasteiger partial charge is 0.496 e. The molecule has 0 radical (unpaired) electrons. The van der Waals surface area contributed by atoms with E-state index in [1.807, 2.05) is 0 Å². The second-order valence-corrected chi connectivity index (χ2v) is 5.12. The Hall–Kier alpha value is -1.02. The topological polar surface area (TPSA) is 35.2 Å². The summed E-state index contributed by atoms with van der Waals surface area (Å²) < 4.78 is 5.40. The van der Waals surface area contributed by atoms with Gasteiger partial charge in [-0.2, -0.15) is 0 Å². The van der Waals surface area contributed by atoms with E-state index in [9.17, 15) is 0 Å². The van der Waals surface area contributed by atoms with Gasteiger partial charge in [0.15, 0.2) is 0 Å². The summed E-state index contributed by atoms with van der Waals surface area (Å²) in [4.78, 5) is 0. The summed E-state index contributed by atoms with van der Waals surface area (Å²) in [6, 6.07) is 6.53. The molecule has 1 fully saturated rings. The fourth-order valence-electron chi connectivity index (χ4n) is 3.03. The van der Waals surface area contributed by atoms with Crippen LogP contribution in [0.3, 0.4) is 0 Å². The summed E-state index contributed by atoms with van der Waals surface area (Å²) in [7, 11) is 1.74. The van der Waals surface area contributed by atoms with E-state index in [2.05, 4.69) is 25.1 Å². The molecular weight excluding hydrogens is 210 g/mol. The summed E-state index contributed by atoms with van der Waals surface area (Å²) in [6.45, 7) is 2.83. The summed E-state index contributed by atoms with van der Waals surface area (Å²) in [5, 5.41) is 0. The van der Waals surface area contributed by atoms with Crippen molar-refractivity contribution in [1.82, 2.24) is 0 Å². The maximum Gasteiger partial charge on any atom is 0.122 e. The lowest BCUT2D eigenvalue weighted by atomic mass is 9.84. The van der Waals surface area contributed by atoms with Crippen molar-refractivity contribution in [3.8, 4) is 5.75 Å². The molecule has 2 heteroatoms. The van der Waals surface area contributed by atoms with Crippen molar-refractivity contribution in [2.45, 2.75) is 38.5 Å². The Bertz CT molecular complexity index is 369. The Morgan fingerprint density at radius 1 is 1.35 bits per heavy atom. The molecule has 17 heavy (non-hydrogen) atoms. The molecule has 0 bridgehead atoms. The van der Waals surface area contributed by atoms with Gasteiger partial charge in [0.05, 0.1) is 7.11 Å². The SMILES string of the molecule is COc1cc(C(CN)C2CCCC2)ccc1C. The molecular formula is C15H23NO. The summed E-state index contributed by atoms with van der Waals surface area (Å²) >= 11 is 0. The van der Waals surface area contributed by atoms with Crippen LogP contribution in [0, 0.1) is 12.8 Å². The van der Waals surface area contributed by atoms with Crippen LogP contribution in [-0.2, 0) is 0 Å². The minimum absolute atomic E-state index is 0.506. The molecule has 1 aromatic rings. The number of benzene rings is 1. The number of nitrogens with two attached hydrogens (primary N) is 1. The van der Waals surface area contributed by atoms with Gasteiger partial charge < -0.3 is 10.5 Å². The second kappa shape index (κ2) is 5.54. The Morgan fingerprint density at radius 3 is 2.65 bits per heavy atom. The maximum absolute atomic E-state index is 5.97. The molecule has 1 aromatic carbocycles. The van der Waals surface area contributed by atoms with Crippen LogP contribution in [0.1, 0.15) is 42.7 Å². The van der Waals surface area contributed by atoms with Crippen LogP contribution < -0.4 is 10.5 Å². The lowest BCUT2D eigenvalue weighted by molar-refractivity contribution is 0.406. The van der Waals surface area contributed by atoms with Gasteiger partial charge in [-0.15, -0.1) is 0 Å². The molecule has 1 atom stereocenters. The molecule has 1 saturated carbocycles. The van der Waals surface area contributed by atoms with Gasteiger partial charge in [-0.3, -0.25) is 0 Å². The van der Waals surface area contributed by atoms with E-state index in [-0.39, 0.29) is 0 Å². The van der Waals surface area contributed by atoms with E-state index in [4.69, 9.17) is 10.5 Å². The van der Waals surface area contributed by atoms with E-state index in [1.54, 1.807) is 7.11 Å². The average Bonchev–Trinajstić information content (AvgIpc) is 2.86. The van der Waals surface area contributed by atoms with Gasteiger partial charge in [0.25, 0.3) is 0 Å². The van der Waals surface area contributed by atoms with Gasteiger partial charge in [-0.05, 0) is 55.3 Å². The molecule has 0 aliphatic heterocycles. The van der Waals surface area contributed by atoms with E-state index in [1.165, 1.54) is 36.8 Å². The van der Waals surface area contributed by atoms with Crippen molar-refractivity contribution >= 4 is 0 Å². The van der Waals surface area contributed by atoms with E-state index < -0.39 is 0 Å². The smallest absolute Gasteiger partial charge is 0.122 e. The lowest BCUT2D eigenvalue weighted by Crippen LogP contribution is -2.19. The van der Waals surface area contributed by atoms with Crippen LogP contribution in [0.15, 0.2) is 18.2 Å². The fourth-order valence-corrected chi connectivity index (χ4v) is 3.03. The first-order chi connectivity index (χ1) is 8.26. The molecule has 0 aromatic heterocycles. The molecule has 2 N–H and O–H groups in total. The number of hydrogen-bond acceptors (Lipinski definition) is 2. The standard InChI is InChI=1S/C15H23NO/c1-11-7-8-13(9-15(11)17-2)14(10-16)12-5-3-4-6-12/h7-9,12,14H,3-6,10,16H2,1-2H3. The van der Waals surface area contributed by atoms with E-state index >= 15 is 0 Å². The van der Waals surface area contributed by atoms with Crippen molar-refractivity contribution in [2.75, 3.05) is 13.7 Å². The molecule has 0 heterocycles. The van der Waals surface area contributed by atoms with Crippen molar-refractivity contribution in [3.05, 3.63) is 29.3 Å². The minimum Gasteiger partial charge on any atom is -0.496 e. The van der Waals surface area contributed by atoms with Gasteiger partial charge in [0.1, 0.15) is 5.75 Å². The van der Waals surface area contributed by atoms with Gasteiger partial charge in [0, 0.05) is 0 Å². The Morgan fingerprint density at radius 2 is 2.06 bits per heavy atom. The Kier molecular flexibility index (Phi) is 4.06. The highest BCUT2D eigenvalue weighted by atomic mass is 16.5. The zero-order valence-electron chi connectivity index (χ0n) is 10.9. The van der Waals surface area contributed by atoms with Crippen molar-refractivity contribution in [3.63, 3.8) is 0 Å². The van der Waals surface area contributed by atoms with Crippen LogP contribution in [-0.4, -0.2) is 13.7 Å². The Balaban J connectivity index is 2.23. The highest BCUT2D eigenvalue weighted by molar-refractivity contribution is 5.38. The third-order valence-corrected chi connectivity index (χ3v) is 4.08. The summed E-state index contributed by atoms with van der Waals surface area (Å²) in [5.74, 6) is 2.26. The van der Waals surface area contributed by atoms with Crippen LogP contribution >= 0.6 is 0 Å². The average molecular weight is 233 g/mol. The Labute approximate surface area is 104 Å². The zero-order chi connectivity index (χ0) is 12.3. The normalized spacial score (nSPS) is 18.3. The monoisotopic (exact) mass is 233 g/mol. The number of methoxy groups -OCH3 is 1. The molecule has 1 aliphatic carbocycles. The molecule has 0 saturated heterocycles. The van der Waals surface area contributed by atoms with Crippen LogP contribution in [0.2, 0.25) is 0 Å². The number of aryl methyl sites for hydroxylation is 1. The predicted molar refractivity (Wildman–Crippen MR) is 71.5 cm³/mol. The first-order valence-electron chi connectivity index (χ1n) is 6.61. The second-order valence-electron chi connectivity index (χ2n) is 5.12. The molecule has 94 valence electrons. The molecule has 0 amide bonds. The van der Waals surface area contributed by atoms with Crippen LogP contribution in [0.5, 0.6) is 5.75 Å². The molecule has 2 nitrogen and oxygen atoms in total. The molecule has 0 spiro atoms. The van der Waals surface area contributed by atoms with Crippen molar-refractivity contribution in [1.29, 1.82) is 0 Å². The summed E-state index contributed by atoms with van der Waals surface area (Å²) in [5.41, 5.74) is 8.52. The minimum atomic E-state index is 0.506. The third-order valence-electron chi connectivity index (χ3n) is 4.08. The third kappa shape index (κ3) is 2.63. The zero-order valence-corrected chi connectivity index (χ0v) is 10.9. The highest BCUT2D eigenvalue weighted by Crippen LogP contribution is 2.37. The first kappa shape index (κ1) is 12.4. The fraction of sp³-hybridized carbons (Fsp3) is 0.600. The number of ether oxygens (including phenoxy) is 1. The van der Waals surface area contributed by atoms with Gasteiger partial charge >= 0.3 is 0 Å². The maximum atomic E-state index is 5.97. The number of hydrogen-bond donors (Lipinski definition) is 1. The van der Waals surface area contributed by atoms with E-state index in [0.717, 1.165) is 18.2 Å². The van der Waals surface area contributed by atoms with Gasteiger partial charge in [0.2, 0.25) is 0 Å². The number of rotatable bonds is 4. The van der Waals surface area contributed by atoms with Crippen molar-refractivity contribution in [2.24, 2.45) is 11.7 Å². The van der Waals surface area contributed by atoms with Gasteiger partial charge in [-0.1, -0.05) is 25.0 Å². The quantitative estimate of drug-likeness (QED) is 0.866. The van der Waals surface area contributed by atoms with Gasteiger partial charge in [-0.25, -0.2) is 0 Å². The highest BCUT2D eigenvalue weighted by Gasteiger charge is 2.25. The van der Waals surface area contributed by atoms with E-state index in [0.29, 0.717) is 5.92 Å². The molecule has 1 aliphatic rings. The van der Waals surface area contributed by atoms with Crippen LogP contribution in [0.4, 0.5) is 0 Å². The first-order valence-corrected chi connectivity index (χ1v) is 6.61. The van der Waals surface area contributed by atoms with Crippen LogP contribution in [0.25, 0.3) is 0 Å². The predicted octanol–water partition coefficient (Wildman–Crippen LogP) is 3.24. The van der Waals surface area contributed by atoms with Crippen molar-refractivity contribution < 1.29 is 4.74 Å². The summed E-state index contributed by atoms with van der Waals surface area (Å²) in [6.07, 6.45) is 5.39. The lowest BCUT2D eigenvalue weighted by Gasteiger charge is -2.23. The molecule has 1 unspecified atom stereocenters. The molecule has 2 rings (SSSR count).